The number of hydrogen-bond acceptors (Lipinski definition) is 4. The predicted molar refractivity (Wildman–Crippen MR) is 101 cm³/mol. The van der Waals surface area contributed by atoms with E-state index in [0.717, 1.165) is 25.5 Å². The van der Waals surface area contributed by atoms with Crippen LogP contribution >= 0.6 is 0 Å². The van der Waals surface area contributed by atoms with E-state index < -0.39 is 15.7 Å². The maximum atomic E-state index is 13.7. The van der Waals surface area contributed by atoms with E-state index in [0.29, 0.717) is 6.04 Å². The van der Waals surface area contributed by atoms with E-state index in [4.69, 9.17) is 0 Å². The van der Waals surface area contributed by atoms with Gasteiger partial charge in [0.2, 0.25) is 0 Å². The lowest BCUT2D eigenvalue weighted by molar-refractivity contribution is 0.249. The fourth-order valence-corrected chi connectivity index (χ4v) is 5.02. The van der Waals surface area contributed by atoms with Gasteiger partial charge in [-0.15, -0.1) is 0 Å². The molecule has 2 aliphatic heterocycles. The van der Waals surface area contributed by atoms with E-state index in [9.17, 15) is 12.8 Å². The molecule has 0 saturated carbocycles. The average Bonchev–Trinajstić information content (AvgIpc) is 3.30. The van der Waals surface area contributed by atoms with E-state index in [-0.39, 0.29) is 17.2 Å². The number of aliphatic imine (C=N–C) groups is 1. The highest BCUT2D eigenvalue weighted by atomic mass is 32.2. The summed E-state index contributed by atoms with van der Waals surface area (Å²) in [7, 11) is -1.96. The summed E-state index contributed by atoms with van der Waals surface area (Å²) in [5.41, 5.74) is 0. The minimum Gasteiger partial charge on any atom is -0.355 e. The molecule has 0 amide bonds. The van der Waals surface area contributed by atoms with Crippen LogP contribution < -0.4 is 5.32 Å². The van der Waals surface area contributed by atoms with Crippen molar-refractivity contribution in [2.24, 2.45) is 4.99 Å². The van der Waals surface area contributed by atoms with Crippen LogP contribution in [0.15, 0.2) is 34.2 Å². The van der Waals surface area contributed by atoms with Crippen LogP contribution in [0, 0.1) is 5.82 Å². The molecule has 0 radical (unpaired) electrons. The number of nitrogens with one attached hydrogen (secondary N) is 1. The van der Waals surface area contributed by atoms with Crippen molar-refractivity contribution >= 4 is 15.8 Å². The number of likely N-dealkylation sites (tertiary alicyclic amines) is 2. The molecule has 1 unspecified atom stereocenters. The van der Waals surface area contributed by atoms with Crippen molar-refractivity contribution < 1.29 is 12.8 Å². The minimum atomic E-state index is -3.66. The highest BCUT2D eigenvalue weighted by Crippen LogP contribution is 2.20. The maximum Gasteiger partial charge on any atom is 0.193 e. The summed E-state index contributed by atoms with van der Waals surface area (Å²) in [6, 6.07) is 6.05. The smallest absolute Gasteiger partial charge is 0.193 e. The summed E-state index contributed by atoms with van der Waals surface area (Å²) in [5.74, 6) is -0.156. The summed E-state index contributed by atoms with van der Waals surface area (Å²) in [4.78, 5) is 8.76. The number of rotatable bonds is 5. The highest BCUT2D eigenvalue weighted by molar-refractivity contribution is 7.91. The molecular weight excluding hydrogens is 355 g/mol. The van der Waals surface area contributed by atoms with Crippen LogP contribution in [0.5, 0.6) is 0 Å². The molecule has 3 rings (SSSR count). The van der Waals surface area contributed by atoms with Gasteiger partial charge in [-0.25, -0.2) is 12.8 Å². The van der Waals surface area contributed by atoms with Crippen molar-refractivity contribution in [1.82, 2.24) is 15.1 Å². The van der Waals surface area contributed by atoms with Gasteiger partial charge in [-0.3, -0.25) is 9.89 Å². The number of guanidine groups is 1. The Hall–Kier alpha value is -1.67. The van der Waals surface area contributed by atoms with Gasteiger partial charge in [0.1, 0.15) is 10.7 Å². The molecule has 2 heterocycles. The van der Waals surface area contributed by atoms with Gasteiger partial charge in [-0.2, -0.15) is 0 Å². The fourth-order valence-electron chi connectivity index (χ4n) is 3.78. The maximum absolute atomic E-state index is 13.7. The van der Waals surface area contributed by atoms with E-state index in [1.807, 2.05) is 0 Å². The largest absolute Gasteiger partial charge is 0.355 e. The monoisotopic (exact) mass is 382 g/mol. The zero-order valence-corrected chi connectivity index (χ0v) is 16.0. The van der Waals surface area contributed by atoms with Crippen LogP contribution in [0.4, 0.5) is 4.39 Å². The lowest BCUT2D eigenvalue weighted by Crippen LogP contribution is -2.43. The number of hydrogen-bond donors (Lipinski definition) is 1. The third-order valence-corrected chi connectivity index (χ3v) is 6.90. The zero-order chi connectivity index (χ0) is 18.6. The number of nitrogens with zero attached hydrogens (tertiary/aromatic N) is 3. The van der Waals surface area contributed by atoms with E-state index in [1.165, 1.54) is 50.2 Å². The Balaban J connectivity index is 1.53. The summed E-state index contributed by atoms with van der Waals surface area (Å²) < 4.78 is 38.4. The molecule has 6 nitrogen and oxygen atoms in total. The summed E-state index contributed by atoms with van der Waals surface area (Å²) >= 11 is 0. The SMILES string of the molecule is CN=C(NCCS(=O)(=O)c1ccccc1F)N1CCC(N2CCCC2)C1. The molecule has 2 saturated heterocycles. The molecule has 1 N–H and O–H groups in total. The van der Waals surface area contributed by atoms with Crippen molar-refractivity contribution in [1.29, 1.82) is 0 Å². The van der Waals surface area contributed by atoms with Crippen LogP contribution in [0.3, 0.4) is 0 Å². The second kappa shape index (κ2) is 8.35. The summed E-state index contributed by atoms with van der Waals surface area (Å²) in [5, 5.41) is 3.12. The van der Waals surface area contributed by atoms with Crippen molar-refractivity contribution in [3.05, 3.63) is 30.1 Å². The molecule has 0 aromatic heterocycles. The lowest BCUT2D eigenvalue weighted by atomic mass is 10.2. The minimum absolute atomic E-state index is 0.170. The first-order valence-electron chi connectivity index (χ1n) is 9.18. The molecule has 2 fully saturated rings. The Labute approximate surface area is 155 Å². The van der Waals surface area contributed by atoms with Crippen molar-refractivity contribution in [2.75, 3.05) is 45.5 Å². The summed E-state index contributed by atoms with van der Waals surface area (Å²) in [6.07, 6.45) is 3.66. The van der Waals surface area contributed by atoms with Gasteiger partial charge < -0.3 is 10.2 Å². The van der Waals surface area contributed by atoms with Crippen molar-refractivity contribution in [3.8, 4) is 0 Å². The Morgan fingerprint density at radius 1 is 1.27 bits per heavy atom. The molecule has 2 aliphatic rings. The zero-order valence-electron chi connectivity index (χ0n) is 15.2. The fraction of sp³-hybridized carbons (Fsp3) is 0.611. The summed E-state index contributed by atoms with van der Waals surface area (Å²) in [6.45, 7) is 4.38. The molecule has 144 valence electrons. The Bertz CT molecular complexity index is 747. The van der Waals surface area contributed by atoms with Crippen LogP contribution in [-0.4, -0.2) is 75.7 Å². The quantitative estimate of drug-likeness (QED) is 0.615. The van der Waals surface area contributed by atoms with Gasteiger partial charge in [-0.05, 0) is 44.5 Å². The van der Waals surface area contributed by atoms with Crippen LogP contribution in [0.2, 0.25) is 0 Å². The number of benzene rings is 1. The van der Waals surface area contributed by atoms with Gasteiger partial charge in [0, 0.05) is 32.7 Å². The highest BCUT2D eigenvalue weighted by Gasteiger charge is 2.30. The van der Waals surface area contributed by atoms with E-state index in [1.54, 1.807) is 7.05 Å². The third kappa shape index (κ3) is 4.35. The van der Waals surface area contributed by atoms with Gasteiger partial charge in [0.15, 0.2) is 15.8 Å². The van der Waals surface area contributed by atoms with Gasteiger partial charge in [0.25, 0.3) is 0 Å². The Morgan fingerprint density at radius 2 is 2.00 bits per heavy atom. The standard InChI is InChI=1S/C18H27FN4O2S/c1-20-18(23-12-8-15(14-23)22-10-4-5-11-22)21-9-13-26(24,25)17-7-3-2-6-16(17)19/h2-3,6-7,15H,4-5,8-14H2,1H3,(H,20,21). The molecule has 0 aliphatic carbocycles. The molecule has 1 aromatic carbocycles. The Kier molecular flexibility index (Phi) is 6.13. The normalized spacial score (nSPS) is 22.2. The van der Waals surface area contributed by atoms with Crippen molar-refractivity contribution in [2.45, 2.75) is 30.2 Å². The first-order chi connectivity index (χ1) is 12.5. The number of sulfone groups is 1. The lowest BCUT2D eigenvalue weighted by Gasteiger charge is -2.25. The topological polar surface area (TPSA) is 65.0 Å². The predicted octanol–water partition coefficient (Wildman–Crippen LogP) is 1.34. The molecule has 1 atom stereocenters. The van der Waals surface area contributed by atoms with Gasteiger partial charge in [0.05, 0.1) is 5.75 Å². The molecule has 8 heteroatoms. The number of halogens is 1. The van der Waals surface area contributed by atoms with E-state index >= 15 is 0 Å². The molecular formula is C18H27FN4O2S. The molecule has 0 bridgehead atoms. The second-order valence-electron chi connectivity index (χ2n) is 6.85. The van der Waals surface area contributed by atoms with Crippen LogP contribution in [-0.2, 0) is 9.84 Å². The Morgan fingerprint density at radius 3 is 2.69 bits per heavy atom. The molecule has 0 spiro atoms. The first-order valence-corrected chi connectivity index (χ1v) is 10.8. The van der Waals surface area contributed by atoms with Gasteiger partial charge >= 0.3 is 0 Å². The third-order valence-electron chi connectivity index (χ3n) is 5.16. The van der Waals surface area contributed by atoms with Crippen LogP contribution in [0.25, 0.3) is 0 Å². The van der Waals surface area contributed by atoms with E-state index in [2.05, 4.69) is 20.1 Å². The second-order valence-corrected chi connectivity index (χ2v) is 8.93. The average molecular weight is 383 g/mol. The van der Waals surface area contributed by atoms with Crippen molar-refractivity contribution in [3.63, 3.8) is 0 Å². The molecule has 1 aromatic rings. The molecule has 26 heavy (non-hydrogen) atoms. The van der Waals surface area contributed by atoms with Crippen LogP contribution in [0.1, 0.15) is 19.3 Å². The van der Waals surface area contributed by atoms with Gasteiger partial charge in [-0.1, -0.05) is 12.1 Å². The first kappa shape index (κ1) is 19.1.